The first-order chi connectivity index (χ1) is 9.54. The summed E-state index contributed by atoms with van der Waals surface area (Å²) in [6.07, 6.45) is 3.34. The van der Waals surface area contributed by atoms with E-state index in [1.807, 2.05) is 6.07 Å². The molecular weight excluding hydrogens is 258 g/mol. The Hall–Kier alpha value is -2.30. The van der Waals surface area contributed by atoms with Crippen LogP contribution >= 0.6 is 0 Å². The Morgan fingerprint density at radius 2 is 2.05 bits per heavy atom. The number of benzene rings is 1. The molecule has 2 N–H and O–H groups in total. The number of hydrogen-bond acceptors (Lipinski definition) is 3. The summed E-state index contributed by atoms with van der Waals surface area (Å²) < 4.78 is 5.61. The minimum absolute atomic E-state index is 0.177. The van der Waals surface area contributed by atoms with Gasteiger partial charge in [0.1, 0.15) is 11.4 Å². The number of para-hydroxylation sites is 1. The lowest BCUT2D eigenvalue weighted by Gasteiger charge is -2.09. The van der Waals surface area contributed by atoms with Crippen molar-refractivity contribution in [2.75, 3.05) is 6.61 Å². The van der Waals surface area contributed by atoms with E-state index in [4.69, 9.17) is 9.84 Å². The Balaban J connectivity index is 2.98. The molecule has 0 bridgehead atoms. The summed E-state index contributed by atoms with van der Waals surface area (Å²) in [5, 5.41) is 11.4. The maximum absolute atomic E-state index is 11.1. The maximum Gasteiger partial charge on any atom is 0.352 e. The summed E-state index contributed by atoms with van der Waals surface area (Å²) >= 11 is 0. The van der Waals surface area contributed by atoms with Crippen LogP contribution in [-0.2, 0) is 9.59 Å². The molecule has 0 unspecified atom stereocenters. The molecule has 0 radical (unpaired) electrons. The molecule has 1 aromatic rings. The highest BCUT2D eigenvalue weighted by Crippen LogP contribution is 2.21. The Bertz CT molecular complexity index is 508. The van der Waals surface area contributed by atoms with Gasteiger partial charge in [0.2, 0.25) is 5.91 Å². The van der Waals surface area contributed by atoms with Crippen molar-refractivity contribution in [2.24, 2.45) is 0 Å². The molecule has 5 nitrogen and oxygen atoms in total. The van der Waals surface area contributed by atoms with E-state index in [0.29, 0.717) is 17.9 Å². The van der Waals surface area contributed by atoms with E-state index in [1.165, 1.54) is 13.0 Å². The third-order valence-electron chi connectivity index (χ3n) is 2.52. The first-order valence-corrected chi connectivity index (χ1v) is 6.49. The number of carbonyl (C=O) groups is 2. The van der Waals surface area contributed by atoms with E-state index in [1.54, 1.807) is 18.2 Å². The van der Waals surface area contributed by atoms with Gasteiger partial charge in [-0.3, -0.25) is 4.79 Å². The third kappa shape index (κ3) is 5.14. The van der Waals surface area contributed by atoms with E-state index in [9.17, 15) is 9.59 Å². The van der Waals surface area contributed by atoms with Crippen LogP contribution in [0, 0.1) is 0 Å². The van der Waals surface area contributed by atoms with Gasteiger partial charge in [0.15, 0.2) is 0 Å². The normalized spacial score (nSPS) is 11.0. The minimum Gasteiger partial charge on any atom is -0.493 e. The van der Waals surface area contributed by atoms with Gasteiger partial charge >= 0.3 is 5.97 Å². The summed E-state index contributed by atoms with van der Waals surface area (Å²) in [5.74, 6) is -1.02. The van der Waals surface area contributed by atoms with E-state index >= 15 is 0 Å². The molecule has 0 fully saturated rings. The predicted octanol–water partition coefficient (Wildman–Crippen LogP) is 2.43. The van der Waals surface area contributed by atoms with E-state index in [-0.39, 0.29) is 5.70 Å². The molecule has 1 rings (SSSR count). The number of unbranched alkanes of at least 4 members (excludes halogenated alkanes) is 1. The highest BCUT2D eigenvalue weighted by atomic mass is 16.5. The Morgan fingerprint density at radius 1 is 1.35 bits per heavy atom. The monoisotopic (exact) mass is 277 g/mol. The minimum atomic E-state index is -1.19. The Kier molecular flexibility index (Phi) is 6.29. The van der Waals surface area contributed by atoms with Gasteiger partial charge in [-0.1, -0.05) is 31.5 Å². The highest BCUT2D eigenvalue weighted by molar-refractivity contribution is 5.96. The van der Waals surface area contributed by atoms with Gasteiger partial charge in [0, 0.05) is 12.5 Å². The Morgan fingerprint density at radius 3 is 2.65 bits per heavy atom. The van der Waals surface area contributed by atoms with E-state index < -0.39 is 11.9 Å². The first kappa shape index (κ1) is 15.8. The van der Waals surface area contributed by atoms with Gasteiger partial charge in [-0.05, 0) is 18.6 Å². The number of ether oxygens (including phenoxy) is 1. The van der Waals surface area contributed by atoms with Crippen molar-refractivity contribution in [1.29, 1.82) is 0 Å². The number of amides is 1. The van der Waals surface area contributed by atoms with E-state index in [0.717, 1.165) is 12.8 Å². The molecular formula is C15H19NO4. The largest absolute Gasteiger partial charge is 0.493 e. The lowest BCUT2D eigenvalue weighted by atomic mass is 10.1. The molecule has 0 aliphatic carbocycles. The molecule has 0 aromatic heterocycles. The molecule has 0 atom stereocenters. The number of rotatable bonds is 7. The molecule has 0 heterocycles. The number of hydrogen-bond donors (Lipinski definition) is 2. The molecule has 0 spiro atoms. The number of nitrogens with one attached hydrogen (secondary N) is 1. The van der Waals surface area contributed by atoms with Crippen LogP contribution in [0.1, 0.15) is 32.3 Å². The molecule has 0 aliphatic rings. The molecule has 0 saturated heterocycles. The topological polar surface area (TPSA) is 75.6 Å². The van der Waals surface area contributed by atoms with Crippen molar-refractivity contribution < 1.29 is 19.4 Å². The number of carboxylic acids is 1. The zero-order chi connectivity index (χ0) is 15.0. The summed E-state index contributed by atoms with van der Waals surface area (Å²) in [6, 6.07) is 7.12. The highest BCUT2D eigenvalue weighted by Gasteiger charge is 2.10. The fourth-order valence-corrected chi connectivity index (χ4v) is 1.55. The quantitative estimate of drug-likeness (QED) is 0.593. The molecule has 0 saturated carbocycles. The van der Waals surface area contributed by atoms with Crippen LogP contribution in [0.25, 0.3) is 6.08 Å². The zero-order valence-corrected chi connectivity index (χ0v) is 11.7. The number of aliphatic carboxylic acids is 1. The average molecular weight is 277 g/mol. The summed E-state index contributed by atoms with van der Waals surface area (Å²) in [4.78, 5) is 22.1. The second-order valence-corrected chi connectivity index (χ2v) is 4.28. The fourth-order valence-electron chi connectivity index (χ4n) is 1.55. The fraction of sp³-hybridized carbons (Fsp3) is 0.333. The van der Waals surface area contributed by atoms with Gasteiger partial charge in [0.25, 0.3) is 0 Å². The lowest BCUT2D eigenvalue weighted by molar-refractivity contribution is -0.134. The summed E-state index contributed by atoms with van der Waals surface area (Å²) in [5.41, 5.74) is 0.443. The lowest BCUT2D eigenvalue weighted by Crippen LogP contribution is -2.24. The molecule has 0 aliphatic heterocycles. The van der Waals surface area contributed by atoms with E-state index in [2.05, 4.69) is 12.2 Å². The van der Waals surface area contributed by atoms with Crippen LogP contribution in [0.3, 0.4) is 0 Å². The molecule has 1 aromatic carbocycles. The van der Waals surface area contributed by atoms with Crippen LogP contribution in [-0.4, -0.2) is 23.6 Å². The number of carboxylic acid groups (broad SMARTS) is 1. The van der Waals surface area contributed by atoms with Crippen molar-refractivity contribution in [2.45, 2.75) is 26.7 Å². The second-order valence-electron chi connectivity index (χ2n) is 4.28. The maximum atomic E-state index is 11.1. The zero-order valence-electron chi connectivity index (χ0n) is 11.7. The molecule has 5 heteroatoms. The van der Waals surface area contributed by atoms with Crippen LogP contribution in [0.4, 0.5) is 0 Å². The smallest absolute Gasteiger partial charge is 0.352 e. The second kappa shape index (κ2) is 7.99. The van der Waals surface area contributed by atoms with Crippen molar-refractivity contribution in [3.8, 4) is 5.75 Å². The predicted molar refractivity (Wildman–Crippen MR) is 76.3 cm³/mol. The van der Waals surface area contributed by atoms with Crippen LogP contribution in [0.15, 0.2) is 30.0 Å². The van der Waals surface area contributed by atoms with Crippen LogP contribution in [0.2, 0.25) is 0 Å². The standard InChI is InChI=1S/C15H19NO4/c1-3-4-9-20-14-8-6-5-7-12(14)10-13(15(18)19)16-11(2)17/h5-8,10H,3-4,9H2,1-2H3,(H,16,17)(H,18,19)/b13-10-. The van der Waals surface area contributed by atoms with Gasteiger partial charge in [0.05, 0.1) is 6.61 Å². The van der Waals surface area contributed by atoms with Crippen molar-refractivity contribution in [3.05, 3.63) is 35.5 Å². The third-order valence-corrected chi connectivity index (χ3v) is 2.52. The SMILES string of the molecule is CCCCOc1ccccc1/C=C(\NC(C)=O)C(=O)O. The average Bonchev–Trinajstić information content (AvgIpc) is 2.39. The van der Waals surface area contributed by atoms with Crippen molar-refractivity contribution >= 4 is 18.0 Å². The van der Waals surface area contributed by atoms with Crippen LogP contribution in [0.5, 0.6) is 5.75 Å². The molecule has 20 heavy (non-hydrogen) atoms. The van der Waals surface area contributed by atoms with Crippen molar-refractivity contribution in [1.82, 2.24) is 5.32 Å². The first-order valence-electron chi connectivity index (χ1n) is 6.49. The van der Waals surface area contributed by atoms with Crippen LogP contribution < -0.4 is 10.1 Å². The molecule has 108 valence electrons. The van der Waals surface area contributed by atoms with Gasteiger partial charge in [-0.2, -0.15) is 0 Å². The molecule has 1 amide bonds. The van der Waals surface area contributed by atoms with Crippen molar-refractivity contribution in [3.63, 3.8) is 0 Å². The van der Waals surface area contributed by atoms with Gasteiger partial charge < -0.3 is 15.2 Å². The summed E-state index contributed by atoms with van der Waals surface area (Å²) in [7, 11) is 0. The number of carbonyl (C=O) groups excluding carboxylic acids is 1. The van der Waals surface area contributed by atoms with Gasteiger partial charge in [-0.15, -0.1) is 0 Å². The summed E-state index contributed by atoms with van der Waals surface area (Å²) in [6.45, 7) is 3.90. The van der Waals surface area contributed by atoms with Gasteiger partial charge in [-0.25, -0.2) is 4.79 Å². The Labute approximate surface area is 118 Å².